The fourth-order valence-electron chi connectivity index (χ4n) is 2.46. The van der Waals surface area contributed by atoms with Crippen LogP contribution in [0, 0.1) is 5.92 Å². The SMILES string of the molecule is CC(C)CC(N)c1nc2ccccc2n1C(C)C(=O)O. The summed E-state index contributed by atoms with van der Waals surface area (Å²) in [5.41, 5.74) is 7.83. The van der Waals surface area contributed by atoms with Crippen molar-refractivity contribution in [3.63, 3.8) is 0 Å². The highest BCUT2D eigenvalue weighted by atomic mass is 16.4. The minimum Gasteiger partial charge on any atom is -0.480 e. The molecule has 0 saturated heterocycles. The third-order valence-electron chi connectivity index (χ3n) is 3.42. The molecule has 2 aromatic rings. The molecule has 2 atom stereocenters. The van der Waals surface area contributed by atoms with Crippen molar-refractivity contribution >= 4 is 17.0 Å². The summed E-state index contributed by atoms with van der Waals surface area (Å²) in [6.07, 6.45) is 0.773. The first-order valence-electron chi connectivity index (χ1n) is 6.87. The Bertz CT molecular complexity index is 619. The third kappa shape index (κ3) is 2.67. The van der Waals surface area contributed by atoms with E-state index in [9.17, 15) is 9.90 Å². The van der Waals surface area contributed by atoms with Gasteiger partial charge in [-0.05, 0) is 31.4 Å². The van der Waals surface area contributed by atoms with E-state index in [-0.39, 0.29) is 6.04 Å². The zero-order valence-corrected chi connectivity index (χ0v) is 12.1. The Morgan fingerprint density at radius 1 is 1.35 bits per heavy atom. The Morgan fingerprint density at radius 2 is 2.00 bits per heavy atom. The maximum atomic E-state index is 11.3. The highest BCUT2D eigenvalue weighted by Crippen LogP contribution is 2.27. The molecule has 108 valence electrons. The fourth-order valence-corrected chi connectivity index (χ4v) is 2.46. The predicted octanol–water partition coefficient (Wildman–Crippen LogP) is 2.73. The van der Waals surface area contributed by atoms with Gasteiger partial charge in [0.15, 0.2) is 0 Å². The van der Waals surface area contributed by atoms with Crippen molar-refractivity contribution < 1.29 is 9.90 Å². The number of aromatic nitrogens is 2. The average molecular weight is 275 g/mol. The van der Waals surface area contributed by atoms with Crippen LogP contribution >= 0.6 is 0 Å². The molecule has 3 N–H and O–H groups in total. The van der Waals surface area contributed by atoms with E-state index in [1.807, 2.05) is 24.3 Å². The van der Waals surface area contributed by atoms with Gasteiger partial charge in [0, 0.05) is 0 Å². The van der Waals surface area contributed by atoms with Crippen LogP contribution in [0.4, 0.5) is 0 Å². The number of carboxylic acid groups (broad SMARTS) is 1. The van der Waals surface area contributed by atoms with Gasteiger partial charge in [-0.2, -0.15) is 0 Å². The van der Waals surface area contributed by atoms with Crippen LogP contribution in [0.3, 0.4) is 0 Å². The maximum Gasteiger partial charge on any atom is 0.326 e. The molecule has 0 aliphatic heterocycles. The van der Waals surface area contributed by atoms with E-state index in [1.165, 1.54) is 0 Å². The smallest absolute Gasteiger partial charge is 0.326 e. The lowest BCUT2D eigenvalue weighted by atomic mass is 10.0. The van der Waals surface area contributed by atoms with Crippen LogP contribution < -0.4 is 5.73 Å². The minimum atomic E-state index is -0.883. The molecule has 0 aliphatic carbocycles. The van der Waals surface area contributed by atoms with E-state index in [1.54, 1.807) is 11.5 Å². The second-order valence-electron chi connectivity index (χ2n) is 5.58. The largest absolute Gasteiger partial charge is 0.480 e. The Balaban J connectivity index is 2.57. The van der Waals surface area contributed by atoms with Crippen molar-refractivity contribution in [1.29, 1.82) is 0 Å². The van der Waals surface area contributed by atoms with Gasteiger partial charge in [-0.3, -0.25) is 0 Å². The minimum absolute atomic E-state index is 0.260. The number of hydrogen-bond acceptors (Lipinski definition) is 3. The van der Waals surface area contributed by atoms with Crippen molar-refractivity contribution in [3.05, 3.63) is 30.1 Å². The molecule has 0 amide bonds. The Morgan fingerprint density at radius 3 is 2.60 bits per heavy atom. The van der Waals surface area contributed by atoms with Gasteiger partial charge in [0.25, 0.3) is 0 Å². The standard InChI is InChI=1S/C15H21N3O2/c1-9(2)8-11(16)14-17-12-6-4-5-7-13(12)18(14)10(3)15(19)20/h4-7,9-11H,8,16H2,1-3H3,(H,19,20). The number of carboxylic acids is 1. The third-order valence-corrected chi connectivity index (χ3v) is 3.42. The van der Waals surface area contributed by atoms with Gasteiger partial charge in [0.1, 0.15) is 11.9 Å². The van der Waals surface area contributed by atoms with E-state index < -0.39 is 12.0 Å². The molecule has 0 spiro atoms. The number of hydrogen-bond donors (Lipinski definition) is 2. The highest BCUT2D eigenvalue weighted by molar-refractivity contribution is 5.80. The molecule has 1 aromatic heterocycles. The lowest BCUT2D eigenvalue weighted by molar-refractivity contribution is -0.140. The lowest BCUT2D eigenvalue weighted by Crippen LogP contribution is -2.23. The molecule has 2 rings (SSSR count). The van der Waals surface area contributed by atoms with Crippen LogP contribution in [0.2, 0.25) is 0 Å². The molecule has 1 heterocycles. The molecule has 5 nitrogen and oxygen atoms in total. The van der Waals surface area contributed by atoms with Gasteiger partial charge < -0.3 is 15.4 Å². The quantitative estimate of drug-likeness (QED) is 0.879. The summed E-state index contributed by atoms with van der Waals surface area (Å²) in [4.78, 5) is 15.9. The van der Waals surface area contributed by atoms with Gasteiger partial charge in [0.2, 0.25) is 0 Å². The summed E-state index contributed by atoms with van der Waals surface area (Å²) >= 11 is 0. The summed E-state index contributed by atoms with van der Waals surface area (Å²) in [5, 5.41) is 9.31. The zero-order chi connectivity index (χ0) is 14.9. The molecule has 2 unspecified atom stereocenters. The normalized spacial score (nSPS) is 14.7. The maximum absolute atomic E-state index is 11.3. The van der Waals surface area contributed by atoms with Crippen molar-refractivity contribution in [1.82, 2.24) is 9.55 Å². The molecule has 5 heteroatoms. The van der Waals surface area contributed by atoms with Crippen LogP contribution in [0.5, 0.6) is 0 Å². The molecule has 0 fully saturated rings. The molecule has 20 heavy (non-hydrogen) atoms. The summed E-state index contributed by atoms with van der Waals surface area (Å²) in [6.45, 7) is 5.84. The number of para-hydroxylation sites is 2. The van der Waals surface area contributed by atoms with Crippen molar-refractivity contribution in [2.24, 2.45) is 11.7 Å². The average Bonchev–Trinajstić information content (AvgIpc) is 2.76. The summed E-state index contributed by atoms with van der Waals surface area (Å²) < 4.78 is 1.74. The van der Waals surface area contributed by atoms with Crippen LogP contribution in [0.1, 0.15) is 45.1 Å². The van der Waals surface area contributed by atoms with Crippen molar-refractivity contribution in [3.8, 4) is 0 Å². The van der Waals surface area contributed by atoms with Crippen molar-refractivity contribution in [2.45, 2.75) is 39.3 Å². The van der Waals surface area contributed by atoms with E-state index in [0.29, 0.717) is 11.7 Å². The molecule has 0 aliphatic rings. The number of benzene rings is 1. The first-order valence-corrected chi connectivity index (χ1v) is 6.87. The molecular formula is C15H21N3O2. The first-order chi connectivity index (χ1) is 9.41. The molecule has 0 saturated carbocycles. The van der Waals surface area contributed by atoms with Crippen LogP contribution in [0.25, 0.3) is 11.0 Å². The van der Waals surface area contributed by atoms with E-state index in [4.69, 9.17) is 5.73 Å². The Labute approximate surface area is 118 Å². The summed E-state index contributed by atoms with van der Waals surface area (Å²) in [6, 6.07) is 6.59. The summed E-state index contributed by atoms with van der Waals surface area (Å²) in [5.74, 6) is 0.194. The second kappa shape index (κ2) is 5.63. The second-order valence-corrected chi connectivity index (χ2v) is 5.58. The number of aliphatic carboxylic acids is 1. The van der Waals surface area contributed by atoms with Gasteiger partial charge >= 0.3 is 5.97 Å². The van der Waals surface area contributed by atoms with Gasteiger partial charge in [0.05, 0.1) is 17.1 Å². The molecule has 0 bridgehead atoms. The molecule has 0 radical (unpaired) electrons. The lowest BCUT2D eigenvalue weighted by Gasteiger charge is -2.19. The van der Waals surface area contributed by atoms with Crippen LogP contribution in [-0.4, -0.2) is 20.6 Å². The number of nitrogens with zero attached hydrogens (tertiary/aromatic N) is 2. The van der Waals surface area contributed by atoms with Crippen molar-refractivity contribution in [2.75, 3.05) is 0 Å². The van der Waals surface area contributed by atoms with E-state index >= 15 is 0 Å². The van der Waals surface area contributed by atoms with Gasteiger partial charge in [-0.1, -0.05) is 26.0 Å². The zero-order valence-electron chi connectivity index (χ0n) is 12.1. The van der Waals surface area contributed by atoms with Gasteiger partial charge in [-0.25, -0.2) is 9.78 Å². The number of fused-ring (bicyclic) bond motifs is 1. The highest BCUT2D eigenvalue weighted by Gasteiger charge is 2.24. The summed E-state index contributed by atoms with van der Waals surface area (Å²) in [7, 11) is 0. The molecular weight excluding hydrogens is 254 g/mol. The van der Waals surface area contributed by atoms with E-state index in [2.05, 4.69) is 18.8 Å². The first kappa shape index (κ1) is 14.5. The predicted molar refractivity (Wildman–Crippen MR) is 78.5 cm³/mol. The topological polar surface area (TPSA) is 81.1 Å². The van der Waals surface area contributed by atoms with Crippen LogP contribution in [0.15, 0.2) is 24.3 Å². The number of imidazole rings is 1. The van der Waals surface area contributed by atoms with Crippen LogP contribution in [-0.2, 0) is 4.79 Å². The monoisotopic (exact) mass is 275 g/mol. The number of carbonyl (C=O) groups is 1. The van der Waals surface area contributed by atoms with E-state index in [0.717, 1.165) is 17.5 Å². The Hall–Kier alpha value is -1.88. The Kier molecular flexibility index (Phi) is 4.09. The fraction of sp³-hybridized carbons (Fsp3) is 0.467. The van der Waals surface area contributed by atoms with Gasteiger partial charge in [-0.15, -0.1) is 0 Å². The number of nitrogens with two attached hydrogens (primary N) is 1. The number of rotatable bonds is 5. The molecule has 1 aromatic carbocycles.